The predicted octanol–water partition coefficient (Wildman–Crippen LogP) is 4.69. The van der Waals surface area contributed by atoms with Crippen LogP contribution in [0.4, 0.5) is 0 Å². The van der Waals surface area contributed by atoms with Crippen LogP contribution in [0.25, 0.3) is 11.0 Å². The van der Waals surface area contributed by atoms with Crippen molar-refractivity contribution < 1.29 is 13.9 Å². The van der Waals surface area contributed by atoms with Gasteiger partial charge in [-0.2, -0.15) is 0 Å². The van der Waals surface area contributed by atoms with Gasteiger partial charge in [-0.25, -0.2) is 0 Å². The number of amides is 1. The predicted molar refractivity (Wildman–Crippen MR) is 92.8 cm³/mol. The molecule has 118 valence electrons. The number of ether oxygens (including phenoxy) is 1. The number of methoxy groups -OCH3 is 1. The Labute approximate surface area is 142 Å². The smallest absolute Gasteiger partial charge is 0.251 e. The van der Waals surface area contributed by atoms with Crippen LogP contribution in [0.15, 0.2) is 57.4 Å². The fourth-order valence-corrected chi connectivity index (χ4v) is 2.92. The molecule has 5 heteroatoms. The molecule has 0 aliphatic heterocycles. The van der Waals surface area contributed by atoms with Crippen LogP contribution in [-0.4, -0.2) is 13.0 Å². The molecule has 1 amide bonds. The summed E-state index contributed by atoms with van der Waals surface area (Å²) < 4.78 is 11.7. The molecule has 23 heavy (non-hydrogen) atoms. The molecule has 0 radical (unpaired) electrons. The maximum atomic E-state index is 12.4. The first kappa shape index (κ1) is 15.6. The minimum absolute atomic E-state index is 0.165. The Morgan fingerprint density at radius 3 is 2.70 bits per heavy atom. The van der Waals surface area contributed by atoms with Crippen LogP contribution in [0.2, 0.25) is 0 Å². The SMILES string of the molecule is COc1ccc(C(=O)NC(C)c2cc3ccccc3o2)cc1Br. The van der Waals surface area contributed by atoms with Gasteiger partial charge in [-0.3, -0.25) is 4.79 Å². The van der Waals surface area contributed by atoms with E-state index in [1.54, 1.807) is 25.3 Å². The summed E-state index contributed by atoms with van der Waals surface area (Å²) in [6.07, 6.45) is 0. The van der Waals surface area contributed by atoms with Gasteiger partial charge >= 0.3 is 0 Å². The second kappa shape index (κ2) is 6.46. The molecule has 1 atom stereocenters. The normalized spacial score (nSPS) is 12.1. The quantitative estimate of drug-likeness (QED) is 0.721. The lowest BCUT2D eigenvalue weighted by atomic mass is 10.1. The fraction of sp³-hybridized carbons (Fsp3) is 0.167. The topological polar surface area (TPSA) is 51.5 Å². The van der Waals surface area contributed by atoms with Crippen LogP contribution in [0.3, 0.4) is 0 Å². The average molecular weight is 374 g/mol. The lowest BCUT2D eigenvalue weighted by Gasteiger charge is -2.12. The van der Waals surface area contributed by atoms with E-state index in [4.69, 9.17) is 9.15 Å². The Morgan fingerprint density at radius 2 is 2.00 bits per heavy atom. The molecule has 1 heterocycles. The lowest BCUT2D eigenvalue weighted by Crippen LogP contribution is -2.26. The molecule has 0 aliphatic carbocycles. The van der Waals surface area contributed by atoms with E-state index in [-0.39, 0.29) is 11.9 Å². The van der Waals surface area contributed by atoms with Gasteiger partial charge in [0.15, 0.2) is 0 Å². The van der Waals surface area contributed by atoms with Crippen molar-refractivity contribution in [2.75, 3.05) is 7.11 Å². The monoisotopic (exact) mass is 373 g/mol. The number of hydrogen-bond donors (Lipinski definition) is 1. The summed E-state index contributed by atoms with van der Waals surface area (Å²) in [7, 11) is 1.59. The molecular formula is C18H16BrNO3. The minimum Gasteiger partial charge on any atom is -0.496 e. The van der Waals surface area contributed by atoms with Crippen molar-refractivity contribution >= 4 is 32.8 Å². The standard InChI is InChI=1S/C18H16BrNO3/c1-11(17-10-12-5-3-4-6-15(12)23-17)20-18(21)13-7-8-16(22-2)14(19)9-13/h3-11H,1-2H3,(H,20,21). The van der Waals surface area contributed by atoms with E-state index in [1.165, 1.54) is 0 Å². The summed E-state index contributed by atoms with van der Waals surface area (Å²) in [5, 5.41) is 3.97. The zero-order valence-electron chi connectivity index (χ0n) is 12.8. The molecule has 3 aromatic rings. The van der Waals surface area contributed by atoms with E-state index in [9.17, 15) is 4.79 Å². The first-order valence-corrected chi connectivity index (χ1v) is 8.00. The highest BCUT2D eigenvalue weighted by Crippen LogP contribution is 2.27. The number of para-hydroxylation sites is 1. The molecule has 0 aliphatic rings. The van der Waals surface area contributed by atoms with E-state index in [2.05, 4.69) is 21.2 Å². The molecule has 1 unspecified atom stereocenters. The summed E-state index contributed by atoms with van der Waals surface area (Å²) in [5.41, 5.74) is 1.37. The zero-order valence-corrected chi connectivity index (χ0v) is 14.4. The van der Waals surface area contributed by atoms with Crippen molar-refractivity contribution in [1.29, 1.82) is 0 Å². The molecule has 2 aromatic carbocycles. The Kier molecular flexibility index (Phi) is 4.39. The van der Waals surface area contributed by atoms with Gasteiger partial charge in [0.05, 0.1) is 17.6 Å². The van der Waals surface area contributed by atoms with Crippen LogP contribution in [-0.2, 0) is 0 Å². The van der Waals surface area contributed by atoms with E-state index in [0.717, 1.165) is 21.2 Å². The van der Waals surface area contributed by atoms with Crippen molar-refractivity contribution in [2.24, 2.45) is 0 Å². The van der Waals surface area contributed by atoms with Gasteiger partial charge in [-0.15, -0.1) is 0 Å². The van der Waals surface area contributed by atoms with E-state index in [1.807, 2.05) is 37.3 Å². The number of carbonyl (C=O) groups excluding carboxylic acids is 1. The largest absolute Gasteiger partial charge is 0.496 e. The van der Waals surface area contributed by atoms with Crippen molar-refractivity contribution in [2.45, 2.75) is 13.0 Å². The maximum Gasteiger partial charge on any atom is 0.251 e. The Morgan fingerprint density at radius 1 is 1.22 bits per heavy atom. The average Bonchev–Trinajstić information content (AvgIpc) is 2.99. The van der Waals surface area contributed by atoms with Crippen LogP contribution >= 0.6 is 15.9 Å². The van der Waals surface area contributed by atoms with Crippen molar-refractivity contribution in [3.05, 3.63) is 64.3 Å². The van der Waals surface area contributed by atoms with Gasteiger partial charge in [0.1, 0.15) is 17.1 Å². The Balaban J connectivity index is 1.77. The summed E-state index contributed by atoms with van der Waals surface area (Å²) >= 11 is 3.39. The molecule has 0 bridgehead atoms. The number of halogens is 1. The van der Waals surface area contributed by atoms with Crippen LogP contribution in [0.1, 0.15) is 29.1 Å². The highest BCUT2D eigenvalue weighted by molar-refractivity contribution is 9.10. The van der Waals surface area contributed by atoms with Crippen molar-refractivity contribution in [3.63, 3.8) is 0 Å². The molecule has 0 saturated carbocycles. The van der Waals surface area contributed by atoms with Gasteiger partial charge in [0, 0.05) is 10.9 Å². The third kappa shape index (κ3) is 3.24. The van der Waals surface area contributed by atoms with Gasteiger partial charge in [0.2, 0.25) is 0 Å². The van der Waals surface area contributed by atoms with Crippen LogP contribution in [0, 0.1) is 0 Å². The Hall–Kier alpha value is -2.27. The highest BCUT2D eigenvalue weighted by Gasteiger charge is 2.16. The summed E-state index contributed by atoms with van der Waals surface area (Å²) in [4.78, 5) is 12.4. The number of fused-ring (bicyclic) bond motifs is 1. The van der Waals surface area contributed by atoms with Crippen LogP contribution in [0.5, 0.6) is 5.75 Å². The zero-order chi connectivity index (χ0) is 16.4. The molecule has 4 nitrogen and oxygen atoms in total. The minimum atomic E-state index is -0.226. The third-order valence-corrected chi connectivity index (χ3v) is 4.25. The fourth-order valence-electron chi connectivity index (χ4n) is 2.37. The molecular weight excluding hydrogens is 358 g/mol. The summed E-state index contributed by atoms with van der Waals surface area (Å²) in [6, 6.07) is 14.7. The maximum absolute atomic E-state index is 12.4. The Bertz CT molecular complexity index is 823. The van der Waals surface area contributed by atoms with Gasteiger partial charge in [0.25, 0.3) is 5.91 Å². The molecule has 0 fully saturated rings. The molecule has 3 rings (SSSR count). The number of hydrogen-bond acceptors (Lipinski definition) is 3. The van der Waals surface area contributed by atoms with E-state index in [0.29, 0.717) is 11.3 Å². The van der Waals surface area contributed by atoms with E-state index >= 15 is 0 Å². The number of carbonyl (C=O) groups is 1. The number of nitrogens with one attached hydrogen (secondary N) is 1. The van der Waals surface area contributed by atoms with Gasteiger partial charge in [-0.05, 0) is 53.2 Å². The number of furan rings is 1. The second-order valence-electron chi connectivity index (χ2n) is 5.23. The van der Waals surface area contributed by atoms with Gasteiger partial charge in [-0.1, -0.05) is 18.2 Å². The van der Waals surface area contributed by atoms with Crippen LogP contribution < -0.4 is 10.1 Å². The lowest BCUT2D eigenvalue weighted by molar-refractivity contribution is 0.0935. The first-order valence-electron chi connectivity index (χ1n) is 7.21. The second-order valence-corrected chi connectivity index (χ2v) is 6.09. The summed E-state index contributed by atoms with van der Waals surface area (Å²) in [5.74, 6) is 1.25. The van der Waals surface area contributed by atoms with Crippen molar-refractivity contribution in [3.8, 4) is 5.75 Å². The third-order valence-electron chi connectivity index (χ3n) is 3.63. The first-order chi connectivity index (χ1) is 11.1. The molecule has 1 aromatic heterocycles. The highest BCUT2D eigenvalue weighted by atomic mass is 79.9. The van der Waals surface area contributed by atoms with Crippen molar-refractivity contribution in [1.82, 2.24) is 5.32 Å². The molecule has 0 saturated heterocycles. The number of rotatable bonds is 4. The number of benzene rings is 2. The molecule has 1 N–H and O–H groups in total. The van der Waals surface area contributed by atoms with Gasteiger partial charge < -0.3 is 14.5 Å². The summed E-state index contributed by atoms with van der Waals surface area (Å²) in [6.45, 7) is 1.90. The molecule has 0 spiro atoms. The van der Waals surface area contributed by atoms with E-state index < -0.39 is 0 Å².